The highest BCUT2D eigenvalue weighted by molar-refractivity contribution is 6.30. The summed E-state index contributed by atoms with van der Waals surface area (Å²) in [4.78, 5) is 35.5. The maximum absolute atomic E-state index is 11.7. The second-order valence-electron chi connectivity index (χ2n) is 3.80. The number of benzene rings is 1. The van der Waals surface area contributed by atoms with Crippen molar-refractivity contribution in [1.82, 2.24) is 9.55 Å². The molecule has 0 bridgehead atoms. The van der Waals surface area contributed by atoms with E-state index in [-0.39, 0.29) is 12.4 Å². The second kappa shape index (κ2) is 5.07. The van der Waals surface area contributed by atoms with Crippen LogP contribution in [0.1, 0.15) is 5.56 Å². The Bertz CT molecular complexity index is 750. The van der Waals surface area contributed by atoms with E-state index in [1.54, 1.807) is 24.3 Å². The number of aromatic nitrogens is 2. The zero-order valence-electron chi connectivity index (χ0n) is 9.59. The van der Waals surface area contributed by atoms with Crippen LogP contribution in [0, 0.1) is 4.91 Å². The van der Waals surface area contributed by atoms with E-state index in [1.165, 1.54) is 0 Å². The van der Waals surface area contributed by atoms with Gasteiger partial charge in [0.2, 0.25) is 5.69 Å². The van der Waals surface area contributed by atoms with Gasteiger partial charge in [0.1, 0.15) is 5.82 Å². The van der Waals surface area contributed by atoms with Crippen molar-refractivity contribution in [2.75, 3.05) is 5.73 Å². The predicted molar refractivity (Wildman–Crippen MR) is 71.7 cm³/mol. The SMILES string of the molecule is Nc1c(N=O)c(=O)[nH]c(=O)n1Cc1cccc(Cl)c1. The van der Waals surface area contributed by atoms with Crippen LogP contribution in [0.5, 0.6) is 0 Å². The molecule has 1 aromatic heterocycles. The van der Waals surface area contributed by atoms with Gasteiger partial charge in [0.05, 0.1) is 6.54 Å². The van der Waals surface area contributed by atoms with Crippen LogP contribution in [0.3, 0.4) is 0 Å². The van der Waals surface area contributed by atoms with Crippen LogP contribution in [0.4, 0.5) is 11.5 Å². The first-order valence-corrected chi connectivity index (χ1v) is 5.61. The molecular weight excluding hydrogens is 272 g/mol. The Morgan fingerprint density at radius 1 is 1.37 bits per heavy atom. The fraction of sp³-hybridized carbons (Fsp3) is 0.0909. The highest BCUT2D eigenvalue weighted by Gasteiger charge is 2.13. The zero-order valence-corrected chi connectivity index (χ0v) is 10.3. The van der Waals surface area contributed by atoms with E-state index in [0.717, 1.165) is 4.57 Å². The number of H-pyrrole nitrogens is 1. The van der Waals surface area contributed by atoms with Gasteiger partial charge in [-0.1, -0.05) is 23.7 Å². The summed E-state index contributed by atoms with van der Waals surface area (Å²) in [7, 11) is 0. The summed E-state index contributed by atoms with van der Waals surface area (Å²) in [5.41, 5.74) is 4.17. The number of anilines is 1. The van der Waals surface area contributed by atoms with Crippen LogP contribution in [0.2, 0.25) is 5.02 Å². The predicted octanol–water partition coefficient (Wildman–Crippen LogP) is 1.22. The molecule has 0 atom stereocenters. The standard InChI is InChI=1S/C11H9ClN4O3/c12-7-3-1-2-6(4-7)5-16-9(13)8(15-19)10(17)14-11(16)18/h1-4H,5,13H2,(H,14,17,18). The highest BCUT2D eigenvalue weighted by atomic mass is 35.5. The number of nitrogens with one attached hydrogen (secondary N) is 1. The van der Waals surface area contributed by atoms with Crippen LogP contribution in [-0.4, -0.2) is 9.55 Å². The third kappa shape index (κ3) is 2.55. The van der Waals surface area contributed by atoms with E-state index < -0.39 is 16.9 Å². The molecule has 0 saturated heterocycles. The van der Waals surface area contributed by atoms with Gasteiger partial charge in [-0.15, -0.1) is 4.91 Å². The topological polar surface area (TPSA) is 110 Å². The van der Waals surface area contributed by atoms with E-state index >= 15 is 0 Å². The van der Waals surface area contributed by atoms with Crippen molar-refractivity contribution in [3.05, 3.63) is 60.6 Å². The van der Waals surface area contributed by atoms with Gasteiger partial charge in [-0.05, 0) is 22.9 Å². The van der Waals surface area contributed by atoms with Gasteiger partial charge in [0.25, 0.3) is 5.56 Å². The van der Waals surface area contributed by atoms with Crippen molar-refractivity contribution < 1.29 is 0 Å². The Kier molecular flexibility index (Phi) is 3.48. The lowest BCUT2D eigenvalue weighted by atomic mass is 10.2. The van der Waals surface area contributed by atoms with Crippen LogP contribution in [0.25, 0.3) is 0 Å². The molecule has 1 heterocycles. The normalized spacial score (nSPS) is 10.4. The first-order valence-electron chi connectivity index (χ1n) is 5.23. The number of nitrogen functional groups attached to an aromatic ring is 1. The van der Waals surface area contributed by atoms with Gasteiger partial charge in [-0.3, -0.25) is 14.3 Å². The van der Waals surface area contributed by atoms with Gasteiger partial charge in [0, 0.05) is 5.02 Å². The maximum Gasteiger partial charge on any atom is 0.330 e. The van der Waals surface area contributed by atoms with Gasteiger partial charge in [0.15, 0.2) is 0 Å². The molecule has 98 valence electrons. The molecule has 8 heteroatoms. The number of halogens is 1. The number of nitrogens with zero attached hydrogens (tertiary/aromatic N) is 2. The van der Waals surface area contributed by atoms with Crippen LogP contribution >= 0.6 is 11.6 Å². The summed E-state index contributed by atoms with van der Waals surface area (Å²) >= 11 is 5.83. The minimum absolute atomic E-state index is 0.0739. The van der Waals surface area contributed by atoms with Crippen molar-refractivity contribution in [3.63, 3.8) is 0 Å². The van der Waals surface area contributed by atoms with Crippen molar-refractivity contribution in [2.45, 2.75) is 6.54 Å². The molecular formula is C11H9ClN4O3. The third-order valence-corrected chi connectivity index (χ3v) is 2.77. The van der Waals surface area contributed by atoms with Gasteiger partial charge >= 0.3 is 5.69 Å². The summed E-state index contributed by atoms with van der Waals surface area (Å²) in [6.07, 6.45) is 0. The summed E-state index contributed by atoms with van der Waals surface area (Å²) in [6, 6.07) is 6.77. The fourth-order valence-corrected chi connectivity index (χ4v) is 1.85. The van der Waals surface area contributed by atoms with Crippen LogP contribution in [0.15, 0.2) is 39.0 Å². The number of rotatable bonds is 3. The smallest absolute Gasteiger partial charge is 0.330 e. The van der Waals surface area contributed by atoms with E-state index in [2.05, 4.69) is 5.18 Å². The average Bonchev–Trinajstić information content (AvgIpc) is 2.35. The van der Waals surface area contributed by atoms with Crippen molar-refractivity contribution in [1.29, 1.82) is 0 Å². The molecule has 0 radical (unpaired) electrons. The molecule has 0 unspecified atom stereocenters. The molecule has 2 aromatic rings. The van der Waals surface area contributed by atoms with E-state index in [4.69, 9.17) is 17.3 Å². The van der Waals surface area contributed by atoms with E-state index in [1.807, 2.05) is 4.98 Å². The maximum atomic E-state index is 11.7. The molecule has 0 aliphatic heterocycles. The van der Waals surface area contributed by atoms with Gasteiger partial charge in [-0.25, -0.2) is 4.79 Å². The van der Waals surface area contributed by atoms with Gasteiger partial charge in [-0.2, -0.15) is 0 Å². The lowest BCUT2D eigenvalue weighted by molar-refractivity contribution is 0.733. The summed E-state index contributed by atoms with van der Waals surface area (Å²) in [6.45, 7) is 0.0739. The molecule has 0 aliphatic rings. The highest BCUT2D eigenvalue weighted by Crippen LogP contribution is 2.16. The number of aromatic amines is 1. The minimum Gasteiger partial charge on any atom is -0.383 e. The van der Waals surface area contributed by atoms with E-state index in [9.17, 15) is 14.5 Å². The molecule has 19 heavy (non-hydrogen) atoms. The molecule has 0 amide bonds. The molecule has 3 N–H and O–H groups in total. The largest absolute Gasteiger partial charge is 0.383 e. The summed E-state index contributed by atoms with van der Waals surface area (Å²) < 4.78 is 1.05. The molecule has 2 rings (SSSR count). The van der Waals surface area contributed by atoms with Gasteiger partial charge < -0.3 is 5.73 Å². The molecule has 0 aliphatic carbocycles. The third-order valence-electron chi connectivity index (χ3n) is 2.54. The summed E-state index contributed by atoms with van der Waals surface area (Å²) in [5.74, 6) is -0.274. The van der Waals surface area contributed by atoms with E-state index in [0.29, 0.717) is 10.6 Å². The molecule has 0 saturated carbocycles. The first-order chi connectivity index (χ1) is 9.02. The molecule has 7 nitrogen and oxygen atoms in total. The average molecular weight is 281 g/mol. The lowest BCUT2D eigenvalue weighted by Crippen LogP contribution is -2.32. The molecule has 1 aromatic carbocycles. The monoisotopic (exact) mass is 280 g/mol. The van der Waals surface area contributed by atoms with Crippen LogP contribution < -0.4 is 17.0 Å². The lowest BCUT2D eigenvalue weighted by Gasteiger charge is -2.09. The van der Waals surface area contributed by atoms with Crippen molar-refractivity contribution in [3.8, 4) is 0 Å². The number of hydrogen-bond acceptors (Lipinski definition) is 5. The number of hydrogen-bond donors (Lipinski definition) is 2. The molecule has 0 spiro atoms. The Morgan fingerprint density at radius 2 is 2.11 bits per heavy atom. The van der Waals surface area contributed by atoms with Crippen molar-refractivity contribution >= 4 is 23.1 Å². The molecule has 0 fully saturated rings. The second-order valence-corrected chi connectivity index (χ2v) is 4.24. The van der Waals surface area contributed by atoms with Crippen LogP contribution in [-0.2, 0) is 6.54 Å². The minimum atomic E-state index is -0.903. The number of nitrogens with two attached hydrogens (primary N) is 1. The quantitative estimate of drug-likeness (QED) is 0.823. The summed E-state index contributed by atoms with van der Waals surface area (Å²) in [5, 5.41) is 3.03. The first kappa shape index (κ1) is 13.0. The Balaban J connectivity index is 2.55. The Labute approximate surface area is 111 Å². The zero-order chi connectivity index (χ0) is 14.0. The van der Waals surface area contributed by atoms with Crippen molar-refractivity contribution in [2.24, 2.45) is 5.18 Å². The number of nitroso groups, excluding NO2 is 1. The Morgan fingerprint density at radius 3 is 2.74 bits per heavy atom. The Hall–Kier alpha value is -2.41. The fourth-order valence-electron chi connectivity index (χ4n) is 1.64.